The molecule has 1 heterocycles. The second-order valence-corrected chi connectivity index (χ2v) is 12.7. The fourth-order valence-electron chi connectivity index (χ4n) is 1.74. The third-order valence-electron chi connectivity index (χ3n) is 2.72. The molecule has 102 valence electrons. The van der Waals surface area contributed by atoms with Crippen molar-refractivity contribution < 1.29 is 4.74 Å². The van der Waals surface area contributed by atoms with Crippen molar-refractivity contribution in [1.82, 2.24) is 4.98 Å². The predicted octanol–water partition coefficient (Wildman–Crippen LogP) is 3.46. The lowest BCUT2D eigenvalue weighted by Crippen LogP contribution is -2.23. The van der Waals surface area contributed by atoms with Crippen molar-refractivity contribution in [3.05, 3.63) is 34.6 Å². The molecule has 0 saturated heterocycles. The molecule has 0 radical (unpaired) electrons. The third kappa shape index (κ3) is 3.42. The van der Waals surface area contributed by atoms with Crippen molar-refractivity contribution in [3.63, 3.8) is 0 Å². The standard InChI is InChI=1S/C14H19NO2SSi/c1-17-10-5-7-11-12(8-6-10)14(15-13(11)16)18-9-19(2,3)4/h5-8H,9H2,1-4H3,(H,15,16). The quantitative estimate of drug-likeness (QED) is 0.693. The summed E-state index contributed by atoms with van der Waals surface area (Å²) in [4.78, 5) is 14.9. The van der Waals surface area contributed by atoms with E-state index in [0.29, 0.717) is 0 Å². The molecule has 0 bridgehead atoms. The second-order valence-electron chi connectivity index (χ2n) is 5.73. The van der Waals surface area contributed by atoms with Gasteiger partial charge in [0.25, 0.3) is 5.56 Å². The number of hydrogen-bond donors (Lipinski definition) is 1. The molecular formula is C14H19NO2SSi. The lowest BCUT2D eigenvalue weighted by molar-refractivity contribution is 0.415. The summed E-state index contributed by atoms with van der Waals surface area (Å²) in [5, 5.41) is 2.07. The first-order valence-corrected chi connectivity index (χ1v) is 10.9. The summed E-state index contributed by atoms with van der Waals surface area (Å²) in [7, 11) is 0.490. The number of aromatic amines is 1. The van der Waals surface area contributed by atoms with Crippen molar-refractivity contribution in [2.24, 2.45) is 0 Å². The molecule has 0 aromatic rings. The van der Waals surface area contributed by atoms with Gasteiger partial charge in [0, 0.05) is 11.1 Å². The highest BCUT2D eigenvalue weighted by Crippen LogP contribution is 2.31. The van der Waals surface area contributed by atoms with E-state index in [1.807, 2.05) is 24.3 Å². The zero-order valence-corrected chi connectivity index (χ0v) is 13.6. The topological polar surface area (TPSA) is 42.1 Å². The van der Waals surface area contributed by atoms with E-state index in [1.54, 1.807) is 18.9 Å². The molecule has 0 aromatic heterocycles. The van der Waals surface area contributed by atoms with Gasteiger partial charge in [0.1, 0.15) is 5.75 Å². The molecule has 0 aromatic carbocycles. The Bertz CT molecular complexity index is 603. The molecule has 1 N–H and O–H groups in total. The molecule has 5 heteroatoms. The van der Waals surface area contributed by atoms with Crippen LogP contribution >= 0.6 is 11.8 Å². The van der Waals surface area contributed by atoms with Gasteiger partial charge in [-0.3, -0.25) is 4.79 Å². The van der Waals surface area contributed by atoms with Crippen molar-refractivity contribution in [2.75, 3.05) is 12.5 Å². The van der Waals surface area contributed by atoms with E-state index in [9.17, 15) is 4.79 Å². The van der Waals surface area contributed by atoms with Gasteiger partial charge < -0.3 is 9.72 Å². The Balaban J connectivity index is 2.39. The van der Waals surface area contributed by atoms with Gasteiger partial charge in [0.2, 0.25) is 0 Å². The van der Waals surface area contributed by atoms with Crippen LogP contribution in [-0.4, -0.2) is 25.5 Å². The first-order chi connectivity index (χ1) is 8.90. The summed E-state index contributed by atoms with van der Waals surface area (Å²) < 4.78 is 5.20. The summed E-state index contributed by atoms with van der Waals surface area (Å²) in [5.41, 5.74) is 1.68. The minimum Gasteiger partial charge on any atom is -0.497 e. The maximum absolute atomic E-state index is 12.0. The van der Waals surface area contributed by atoms with Crippen molar-refractivity contribution >= 4 is 19.8 Å². The molecule has 0 fully saturated rings. The van der Waals surface area contributed by atoms with Gasteiger partial charge in [-0.25, -0.2) is 0 Å². The van der Waals surface area contributed by atoms with Crippen LogP contribution in [0.25, 0.3) is 11.1 Å². The molecular weight excluding hydrogens is 274 g/mol. The van der Waals surface area contributed by atoms with Crippen LogP contribution in [0.2, 0.25) is 19.6 Å². The molecule has 1 aliphatic carbocycles. The lowest BCUT2D eigenvalue weighted by atomic mass is 10.2. The molecule has 0 saturated carbocycles. The molecule has 0 spiro atoms. The maximum atomic E-state index is 12.0. The highest BCUT2D eigenvalue weighted by Gasteiger charge is 2.18. The first-order valence-electron chi connectivity index (χ1n) is 6.23. The number of ether oxygens (including phenoxy) is 1. The molecule has 0 amide bonds. The normalized spacial score (nSPS) is 11.8. The van der Waals surface area contributed by atoms with Crippen molar-refractivity contribution in [2.45, 2.75) is 24.7 Å². The fourth-order valence-corrected chi connectivity index (χ4v) is 4.55. The van der Waals surface area contributed by atoms with Crippen LogP contribution in [0.1, 0.15) is 0 Å². The minimum absolute atomic E-state index is 0.0219. The highest BCUT2D eigenvalue weighted by molar-refractivity contribution is 8.01. The molecule has 2 rings (SSSR count). The van der Waals surface area contributed by atoms with Crippen LogP contribution in [-0.2, 0) is 0 Å². The number of H-pyrrole nitrogens is 1. The summed E-state index contributed by atoms with van der Waals surface area (Å²) in [6.45, 7) is 6.98. The van der Waals surface area contributed by atoms with E-state index < -0.39 is 8.07 Å². The first kappa shape index (κ1) is 14.2. The number of thioether (sulfide) groups is 1. The molecule has 19 heavy (non-hydrogen) atoms. The van der Waals surface area contributed by atoms with E-state index in [-0.39, 0.29) is 5.56 Å². The van der Waals surface area contributed by atoms with Crippen molar-refractivity contribution in [3.8, 4) is 16.9 Å². The molecule has 1 aliphatic heterocycles. The van der Waals surface area contributed by atoms with Gasteiger partial charge in [-0.15, -0.1) is 11.8 Å². The average molecular weight is 293 g/mol. The Morgan fingerprint density at radius 3 is 2.37 bits per heavy atom. The van der Waals surface area contributed by atoms with Gasteiger partial charge >= 0.3 is 0 Å². The van der Waals surface area contributed by atoms with Crippen LogP contribution in [0, 0.1) is 0 Å². The zero-order chi connectivity index (χ0) is 14.0. The average Bonchev–Trinajstić information content (AvgIpc) is 2.51. The summed E-state index contributed by atoms with van der Waals surface area (Å²) in [5.74, 6) is 0.761. The Kier molecular flexibility index (Phi) is 4.06. The highest BCUT2D eigenvalue weighted by atomic mass is 32.2. The smallest absolute Gasteiger partial charge is 0.256 e. The van der Waals surface area contributed by atoms with Crippen LogP contribution in [0.5, 0.6) is 5.75 Å². The van der Waals surface area contributed by atoms with Gasteiger partial charge in [-0.1, -0.05) is 19.6 Å². The number of fused-ring (bicyclic) bond motifs is 1. The van der Waals surface area contributed by atoms with Crippen LogP contribution in [0.4, 0.5) is 0 Å². The lowest BCUT2D eigenvalue weighted by Gasteiger charge is -2.14. The van der Waals surface area contributed by atoms with E-state index >= 15 is 0 Å². The molecule has 0 atom stereocenters. The molecule has 2 aliphatic rings. The SMILES string of the molecule is COc1ccc2c(SC[Si](C)(C)C)[nH]c(=O)c-2cc1. The number of nitrogens with one attached hydrogen (secondary N) is 1. The summed E-state index contributed by atoms with van der Waals surface area (Å²) >= 11 is 1.75. The van der Waals surface area contributed by atoms with Crippen LogP contribution < -0.4 is 10.3 Å². The van der Waals surface area contributed by atoms with E-state index in [1.165, 1.54) is 0 Å². The van der Waals surface area contributed by atoms with E-state index in [2.05, 4.69) is 24.6 Å². The Morgan fingerprint density at radius 2 is 1.79 bits per heavy atom. The number of aromatic nitrogens is 1. The third-order valence-corrected chi connectivity index (χ3v) is 7.37. The van der Waals surface area contributed by atoms with Crippen LogP contribution in [0.15, 0.2) is 34.1 Å². The maximum Gasteiger partial charge on any atom is 0.256 e. The second kappa shape index (κ2) is 5.42. The Hall–Kier alpha value is -1.20. The Morgan fingerprint density at radius 1 is 1.16 bits per heavy atom. The van der Waals surface area contributed by atoms with Crippen LogP contribution in [0.3, 0.4) is 0 Å². The molecule has 3 nitrogen and oxygen atoms in total. The summed E-state index contributed by atoms with van der Waals surface area (Å²) in [6.07, 6.45) is 0. The van der Waals surface area contributed by atoms with E-state index in [0.717, 1.165) is 27.3 Å². The Labute approximate surface area is 118 Å². The van der Waals surface area contributed by atoms with Gasteiger partial charge in [0.15, 0.2) is 0 Å². The number of hydrogen-bond acceptors (Lipinski definition) is 3. The fraction of sp³-hybridized carbons (Fsp3) is 0.357. The van der Waals surface area contributed by atoms with Gasteiger partial charge in [-0.05, 0) is 29.6 Å². The summed E-state index contributed by atoms with van der Waals surface area (Å²) in [6, 6.07) is 7.50. The monoisotopic (exact) mass is 293 g/mol. The molecule has 0 unspecified atom stereocenters. The minimum atomic E-state index is -1.14. The predicted molar refractivity (Wildman–Crippen MR) is 84.3 cm³/mol. The van der Waals surface area contributed by atoms with Gasteiger partial charge in [0.05, 0.1) is 20.2 Å². The van der Waals surface area contributed by atoms with E-state index in [4.69, 9.17) is 4.74 Å². The number of rotatable bonds is 4. The van der Waals surface area contributed by atoms with Crippen molar-refractivity contribution in [1.29, 1.82) is 0 Å². The zero-order valence-electron chi connectivity index (χ0n) is 11.7. The van der Waals surface area contributed by atoms with Gasteiger partial charge in [-0.2, -0.15) is 0 Å². The number of methoxy groups -OCH3 is 1. The largest absolute Gasteiger partial charge is 0.497 e.